The molecule has 1 aliphatic rings. The van der Waals surface area contributed by atoms with Gasteiger partial charge in [-0.1, -0.05) is 45.4 Å². The van der Waals surface area contributed by atoms with Crippen molar-refractivity contribution in [3.63, 3.8) is 0 Å². The number of urea groups is 1. The Balaban J connectivity index is 2.24. The first kappa shape index (κ1) is 21.3. The van der Waals surface area contributed by atoms with E-state index in [9.17, 15) is 9.59 Å². The molecular formula is C22H35N3O2. The quantitative estimate of drug-likeness (QED) is 0.758. The molecule has 1 aromatic carbocycles. The average Bonchev–Trinajstić information content (AvgIpc) is 3.13. The van der Waals surface area contributed by atoms with Crippen molar-refractivity contribution >= 4 is 17.6 Å². The van der Waals surface area contributed by atoms with Gasteiger partial charge in [0.25, 0.3) is 0 Å². The van der Waals surface area contributed by atoms with Crippen LogP contribution in [0.25, 0.3) is 0 Å². The molecule has 1 heterocycles. The van der Waals surface area contributed by atoms with Gasteiger partial charge >= 0.3 is 6.03 Å². The zero-order valence-corrected chi connectivity index (χ0v) is 17.5. The van der Waals surface area contributed by atoms with E-state index in [0.717, 1.165) is 36.9 Å². The first-order valence-corrected chi connectivity index (χ1v) is 10.4. The van der Waals surface area contributed by atoms with Crippen molar-refractivity contribution in [2.24, 2.45) is 0 Å². The topological polar surface area (TPSA) is 52.7 Å². The second-order valence-electron chi connectivity index (χ2n) is 7.58. The van der Waals surface area contributed by atoms with Crippen LogP contribution in [0.4, 0.5) is 10.5 Å². The number of hydrogen-bond donors (Lipinski definition) is 1. The Morgan fingerprint density at radius 1 is 1.22 bits per heavy atom. The third-order valence-electron chi connectivity index (χ3n) is 5.43. The highest BCUT2D eigenvalue weighted by atomic mass is 16.2. The number of amides is 3. The molecule has 3 amide bonds. The van der Waals surface area contributed by atoms with Gasteiger partial charge in [-0.25, -0.2) is 4.79 Å². The molecule has 0 aliphatic carbocycles. The summed E-state index contributed by atoms with van der Waals surface area (Å²) in [6, 6.07) is 5.75. The molecule has 1 N–H and O–H groups in total. The van der Waals surface area contributed by atoms with Crippen LogP contribution < -0.4 is 5.32 Å². The van der Waals surface area contributed by atoms with E-state index in [-0.39, 0.29) is 18.0 Å². The lowest BCUT2D eigenvalue weighted by Crippen LogP contribution is -2.49. The molecule has 0 unspecified atom stereocenters. The minimum absolute atomic E-state index is 0.0681. The number of likely N-dealkylation sites (N-methyl/N-ethyl adjacent to an activating group) is 1. The molecule has 5 nitrogen and oxygen atoms in total. The maximum Gasteiger partial charge on any atom is 0.322 e. The van der Waals surface area contributed by atoms with Gasteiger partial charge in [0.1, 0.15) is 6.04 Å². The molecule has 0 spiro atoms. The summed E-state index contributed by atoms with van der Waals surface area (Å²) < 4.78 is 0. The zero-order valence-electron chi connectivity index (χ0n) is 17.5. The number of carbonyl (C=O) groups is 2. The van der Waals surface area contributed by atoms with Crippen LogP contribution in [0.1, 0.15) is 70.9 Å². The van der Waals surface area contributed by atoms with Gasteiger partial charge in [0.05, 0.1) is 0 Å². The number of benzene rings is 1. The smallest absolute Gasteiger partial charge is 0.322 e. The Labute approximate surface area is 164 Å². The number of anilines is 1. The Morgan fingerprint density at radius 2 is 1.93 bits per heavy atom. The van der Waals surface area contributed by atoms with E-state index in [2.05, 4.69) is 44.3 Å². The molecular weight excluding hydrogens is 338 g/mol. The van der Waals surface area contributed by atoms with E-state index in [0.29, 0.717) is 25.6 Å². The molecule has 1 saturated heterocycles. The fraction of sp³-hybridized carbons (Fsp3) is 0.636. The van der Waals surface area contributed by atoms with Crippen molar-refractivity contribution < 1.29 is 9.59 Å². The predicted octanol–water partition coefficient (Wildman–Crippen LogP) is 4.63. The number of carbonyl (C=O) groups excluding carboxylic acids is 2. The van der Waals surface area contributed by atoms with Gasteiger partial charge in [0.15, 0.2) is 0 Å². The number of nitrogens with zero attached hydrogens (tertiary/aromatic N) is 2. The van der Waals surface area contributed by atoms with Gasteiger partial charge in [0, 0.05) is 25.3 Å². The van der Waals surface area contributed by atoms with Crippen molar-refractivity contribution in [2.45, 2.75) is 72.3 Å². The number of likely N-dealkylation sites (tertiary alicyclic amines) is 1. The monoisotopic (exact) mass is 373 g/mol. The number of rotatable bonds is 7. The number of para-hydroxylation sites is 1. The standard InChI is InChI=1S/C22H35N3O2/c1-6-11-17-12-9-13-18(16(4)5)20(17)23-22(27)25-15-10-14-19(25)21(26)24(7-2)8-3/h9,12-13,16,19H,6-8,10-11,14-15H2,1-5H3,(H,23,27)/t19-/m0/s1. The van der Waals surface area contributed by atoms with Crippen LogP contribution in [0.5, 0.6) is 0 Å². The third-order valence-corrected chi connectivity index (χ3v) is 5.43. The second kappa shape index (κ2) is 9.77. The predicted molar refractivity (Wildman–Crippen MR) is 111 cm³/mol. The van der Waals surface area contributed by atoms with Crippen LogP contribution in [0.2, 0.25) is 0 Å². The number of aryl methyl sites for hydroxylation is 1. The Hall–Kier alpha value is -2.04. The van der Waals surface area contributed by atoms with Crippen LogP contribution in [0, 0.1) is 0 Å². The summed E-state index contributed by atoms with van der Waals surface area (Å²) in [6.45, 7) is 12.4. The summed E-state index contributed by atoms with van der Waals surface area (Å²) >= 11 is 0. The van der Waals surface area contributed by atoms with Crippen molar-refractivity contribution in [2.75, 3.05) is 25.0 Å². The molecule has 2 rings (SSSR count). The van der Waals surface area contributed by atoms with Crippen molar-refractivity contribution in [1.82, 2.24) is 9.80 Å². The van der Waals surface area contributed by atoms with Gasteiger partial charge in [-0.2, -0.15) is 0 Å². The van der Waals surface area contributed by atoms with Crippen molar-refractivity contribution in [3.05, 3.63) is 29.3 Å². The van der Waals surface area contributed by atoms with Gasteiger partial charge in [-0.3, -0.25) is 4.79 Å². The summed E-state index contributed by atoms with van der Waals surface area (Å²) in [6.07, 6.45) is 3.57. The lowest BCUT2D eigenvalue weighted by Gasteiger charge is -2.30. The highest BCUT2D eigenvalue weighted by Gasteiger charge is 2.36. The Morgan fingerprint density at radius 3 is 2.52 bits per heavy atom. The molecule has 0 bridgehead atoms. The van der Waals surface area contributed by atoms with Crippen LogP contribution in [0.15, 0.2) is 18.2 Å². The molecule has 1 aliphatic heterocycles. The van der Waals surface area contributed by atoms with Gasteiger partial charge in [-0.05, 0) is 50.2 Å². The molecule has 1 atom stereocenters. The molecule has 0 aromatic heterocycles. The molecule has 1 aromatic rings. The molecule has 0 saturated carbocycles. The second-order valence-corrected chi connectivity index (χ2v) is 7.58. The van der Waals surface area contributed by atoms with Gasteiger partial charge < -0.3 is 15.1 Å². The summed E-state index contributed by atoms with van der Waals surface area (Å²) in [7, 11) is 0. The first-order valence-electron chi connectivity index (χ1n) is 10.4. The van der Waals surface area contributed by atoms with Crippen molar-refractivity contribution in [1.29, 1.82) is 0 Å². The maximum absolute atomic E-state index is 13.1. The summed E-state index contributed by atoms with van der Waals surface area (Å²) in [4.78, 5) is 29.5. The highest BCUT2D eigenvalue weighted by molar-refractivity contribution is 5.95. The summed E-state index contributed by atoms with van der Waals surface area (Å²) in [5.41, 5.74) is 3.25. The minimum Gasteiger partial charge on any atom is -0.341 e. The normalized spacial score (nSPS) is 16.7. The largest absolute Gasteiger partial charge is 0.341 e. The molecule has 150 valence electrons. The van der Waals surface area contributed by atoms with Crippen LogP contribution in [0.3, 0.4) is 0 Å². The van der Waals surface area contributed by atoms with Crippen LogP contribution in [-0.2, 0) is 11.2 Å². The average molecular weight is 374 g/mol. The zero-order chi connectivity index (χ0) is 20.0. The van der Waals surface area contributed by atoms with E-state index in [1.807, 2.05) is 18.7 Å². The highest BCUT2D eigenvalue weighted by Crippen LogP contribution is 2.30. The first-order chi connectivity index (χ1) is 12.9. The minimum atomic E-state index is -0.342. The lowest BCUT2D eigenvalue weighted by molar-refractivity contribution is -0.134. The van der Waals surface area contributed by atoms with E-state index in [4.69, 9.17) is 0 Å². The summed E-state index contributed by atoms with van der Waals surface area (Å²) in [5.74, 6) is 0.391. The van der Waals surface area contributed by atoms with E-state index >= 15 is 0 Å². The number of hydrogen-bond acceptors (Lipinski definition) is 2. The maximum atomic E-state index is 13.1. The fourth-order valence-corrected chi connectivity index (χ4v) is 3.92. The third kappa shape index (κ3) is 4.82. The summed E-state index contributed by atoms with van der Waals surface area (Å²) in [5, 5.41) is 3.16. The van der Waals surface area contributed by atoms with Crippen LogP contribution >= 0.6 is 0 Å². The van der Waals surface area contributed by atoms with E-state index in [1.54, 1.807) is 4.90 Å². The van der Waals surface area contributed by atoms with Crippen molar-refractivity contribution in [3.8, 4) is 0 Å². The molecule has 0 radical (unpaired) electrons. The molecule has 1 fully saturated rings. The Bertz CT molecular complexity index is 653. The van der Waals surface area contributed by atoms with Gasteiger partial charge in [-0.15, -0.1) is 0 Å². The van der Waals surface area contributed by atoms with E-state index in [1.165, 1.54) is 5.56 Å². The SMILES string of the molecule is CCCc1cccc(C(C)C)c1NC(=O)N1CCC[C@H]1C(=O)N(CC)CC. The Kier molecular flexibility index (Phi) is 7.69. The van der Waals surface area contributed by atoms with Gasteiger partial charge in [0.2, 0.25) is 5.91 Å². The molecule has 5 heteroatoms. The molecule has 27 heavy (non-hydrogen) atoms. The fourth-order valence-electron chi connectivity index (χ4n) is 3.92. The number of nitrogens with one attached hydrogen (secondary N) is 1. The lowest BCUT2D eigenvalue weighted by atomic mass is 9.96. The van der Waals surface area contributed by atoms with Crippen LogP contribution in [-0.4, -0.2) is 47.4 Å². The van der Waals surface area contributed by atoms with E-state index < -0.39 is 0 Å².